The van der Waals surface area contributed by atoms with Crippen LogP contribution in [-0.2, 0) is 9.47 Å². The molecule has 1 heterocycles. The van der Waals surface area contributed by atoms with Gasteiger partial charge in [0.2, 0.25) is 0 Å². The van der Waals surface area contributed by atoms with Crippen molar-refractivity contribution in [3.63, 3.8) is 0 Å². The van der Waals surface area contributed by atoms with Crippen LogP contribution in [0.25, 0.3) is 0 Å². The maximum absolute atomic E-state index is 11.4. The summed E-state index contributed by atoms with van der Waals surface area (Å²) in [7, 11) is 2.97. The predicted molar refractivity (Wildman–Crippen MR) is 92.5 cm³/mol. The molecule has 0 aliphatic rings. The molecule has 8 nitrogen and oxygen atoms in total. The fourth-order valence-corrected chi connectivity index (χ4v) is 2.08. The van der Waals surface area contributed by atoms with Crippen molar-refractivity contribution in [2.24, 2.45) is 0 Å². The zero-order valence-corrected chi connectivity index (χ0v) is 13.9. The van der Waals surface area contributed by atoms with E-state index in [2.05, 4.69) is 25.3 Å². The number of nitrogens with one attached hydrogen (secondary N) is 2. The Morgan fingerprint density at radius 1 is 1.21 bits per heavy atom. The number of hydrogen-bond donors (Lipinski definition) is 3. The Hall–Kier alpha value is -2.87. The predicted octanol–water partition coefficient (Wildman–Crippen LogP) is 2.04. The van der Waals surface area contributed by atoms with E-state index in [1.165, 1.54) is 13.4 Å². The van der Waals surface area contributed by atoms with Crippen molar-refractivity contribution >= 4 is 29.0 Å². The molecule has 0 saturated heterocycles. The molecule has 0 saturated carbocycles. The zero-order valence-electron chi connectivity index (χ0n) is 13.9. The number of rotatable bonds is 7. The van der Waals surface area contributed by atoms with Crippen molar-refractivity contribution in [1.29, 1.82) is 0 Å². The van der Waals surface area contributed by atoms with E-state index in [-0.39, 0.29) is 12.0 Å². The third-order valence-corrected chi connectivity index (χ3v) is 3.25. The topological polar surface area (TPSA) is 111 Å². The number of nitrogens with zero attached hydrogens (tertiary/aromatic N) is 2. The summed E-state index contributed by atoms with van der Waals surface area (Å²) in [5.41, 5.74) is 7.72. The van der Waals surface area contributed by atoms with Crippen molar-refractivity contribution in [1.82, 2.24) is 9.97 Å². The maximum Gasteiger partial charge on any atom is 0.337 e. The minimum Gasteiger partial charge on any atom is -0.465 e. The first-order valence-electron chi connectivity index (χ1n) is 7.36. The minimum absolute atomic E-state index is 0.0550. The fourth-order valence-electron chi connectivity index (χ4n) is 2.08. The van der Waals surface area contributed by atoms with Crippen LogP contribution in [0.3, 0.4) is 0 Å². The Kier molecular flexibility index (Phi) is 5.91. The molecule has 2 aromatic rings. The van der Waals surface area contributed by atoms with Crippen molar-refractivity contribution in [3.8, 4) is 0 Å². The van der Waals surface area contributed by atoms with E-state index < -0.39 is 0 Å². The summed E-state index contributed by atoms with van der Waals surface area (Å²) in [5.74, 6) is 0.618. The number of benzene rings is 1. The summed E-state index contributed by atoms with van der Waals surface area (Å²) in [4.78, 5) is 19.7. The maximum atomic E-state index is 11.4. The van der Waals surface area contributed by atoms with E-state index >= 15 is 0 Å². The summed E-state index contributed by atoms with van der Waals surface area (Å²) < 4.78 is 9.75. The molecule has 1 aromatic heterocycles. The van der Waals surface area contributed by atoms with Gasteiger partial charge in [-0.15, -0.1) is 0 Å². The lowest BCUT2D eigenvalue weighted by Gasteiger charge is -2.16. The van der Waals surface area contributed by atoms with Crippen LogP contribution in [-0.4, -0.2) is 42.8 Å². The van der Waals surface area contributed by atoms with Crippen molar-refractivity contribution in [3.05, 3.63) is 36.2 Å². The Bertz CT molecular complexity index is 691. The quantitative estimate of drug-likeness (QED) is 0.661. The molecule has 1 aromatic carbocycles. The highest BCUT2D eigenvalue weighted by molar-refractivity contribution is 5.90. The van der Waals surface area contributed by atoms with Gasteiger partial charge in [0.05, 0.1) is 19.3 Å². The summed E-state index contributed by atoms with van der Waals surface area (Å²) in [6, 6.07) is 6.86. The van der Waals surface area contributed by atoms with Crippen molar-refractivity contribution < 1.29 is 14.3 Å². The van der Waals surface area contributed by atoms with Gasteiger partial charge in [0.1, 0.15) is 12.0 Å². The molecule has 4 N–H and O–H groups in total. The van der Waals surface area contributed by atoms with Crippen molar-refractivity contribution in [2.75, 3.05) is 37.2 Å². The molecule has 0 aliphatic heterocycles. The van der Waals surface area contributed by atoms with Crippen LogP contribution < -0.4 is 16.4 Å². The number of anilines is 4. The number of hydrogen-bond acceptors (Lipinski definition) is 8. The Balaban J connectivity index is 2.13. The number of carbonyl (C=O) groups is 1. The molecule has 0 spiro atoms. The molecule has 0 radical (unpaired) electrons. The molecule has 0 aliphatic carbocycles. The lowest BCUT2D eigenvalue weighted by molar-refractivity contribution is 0.0601. The van der Waals surface area contributed by atoms with Gasteiger partial charge >= 0.3 is 5.97 Å². The lowest BCUT2D eigenvalue weighted by Crippen LogP contribution is -2.22. The van der Waals surface area contributed by atoms with Crippen LogP contribution in [0.5, 0.6) is 0 Å². The van der Waals surface area contributed by atoms with Gasteiger partial charge in [-0.25, -0.2) is 14.8 Å². The van der Waals surface area contributed by atoms with E-state index in [0.717, 1.165) is 5.69 Å². The van der Waals surface area contributed by atoms with Crippen molar-refractivity contribution in [2.45, 2.75) is 13.0 Å². The van der Waals surface area contributed by atoms with Crippen LogP contribution in [0.1, 0.15) is 17.3 Å². The smallest absolute Gasteiger partial charge is 0.337 e. The average molecular weight is 331 g/mol. The highest BCUT2D eigenvalue weighted by Crippen LogP contribution is 2.26. The first-order valence-corrected chi connectivity index (χ1v) is 7.36. The SMILES string of the molecule is COCC(C)Nc1ncnc(Nc2ccc(C(=O)OC)cc2)c1N. The summed E-state index contributed by atoms with van der Waals surface area (Å²) in [6.45, 7) is 2.49. The fraction of sp³-hybridized carbons (Fsp3) is 0.312. The zero-order chi connectivity index (χ0) is 17.5. The van der Waals surface area contributed by atoms with Crippen LogP contribution in [0, 0.1) is 0 Å². The van der Waals surface area contributed by atoms with E-state index in [1.54, 1.807) is 31.4 Å². The van der Waals surface area contributed by atoms with Gasteiger partial charge in [0.25, 0.3) is 0 Å². The Morgan fingerprint density at radius 2 is 1.88 bits per heavy atom. The largest absolute Gasteiger partial charge is 0.465 e. The van der Waals surface area contributed by atoms with Gasteiger partial charge in [0.15, 0.2) is 11.6 Å². The van der Waals surface area contributed by atoms with Crippen LogP contribution >= 0.6 is 0 Å². The molecule has 2 rings (SSSR count). The molecule has 1 unspecified atom stereocenters. The van der Waals surface area contributed by atoms with Gasteiger partial charge in [-0.3, -0.25) is 0 Å². The van der Waals surface area contributed by atoms with Gasteiger partial charge in [-0.05, 0) is 31.2 Å². The summed E-state index contributed by atoms with van der Waals surface area (Å²) in [5, 5.41) is 6.27. The standard InChI is InChI=1S/C16H21N5O3/c1-10(8-23-2)20-14-13(17)15(19-9-18-14)21-12-6-4-11(5-7-12)16(22)24-3/h4-7,9-10H,8,17H2,1-3H3,(H2,18,19,20,21). The molecule has 0 fully saturated rings. The highest BCUT2D eigenvalue weighted by Gasteiger charge is 2.11. The molecule has 0 bridgehead atoms. The first kappa shape index (κ1) is 17.5. The van der Waals surface area contributed by atoms with Crippen LogP contribution in [0.4, 0.5) is 23.0 Å². The lowest BCUT2D eigenvalue weighted by atomic mass is 10.2. The van der Waals surface area contributed by atoms with Gasteiger partial charge in [0, 0.05) is 18.8 Å². The number of esters is 1. The molecular formula is C16H21N5O3. The molecule has 8 heteroatoms. The highest BCUT2D eigenvalue weighted by atomic mass is 16.5. The van der Waals surface area contributed by atoms with E-state index in [4.69, 9.17) is 10.5 Å². The normalized spacial score (nSPS) is 11.6. The number of ether oxygens (including phenoxy) is 2. The van der Waals surface area contributed by atoms with Crippen LogP contribution in [0.15, 0.2) is 30.6 Å². The second kappa shape index (κ2) is 8.11. The number of carbonyl (C=O) groups excluding carboxylic acids is 1. The van der Waals surface area contributed by atoms with E-state index in [9.17, 15) is 4.79 Å². The summed E-state index contributed by atoms with van der Waals surface area (Å²) in [6.07, 6.45) is 1.42. The monoisotopic (exact) mass is 331 g/mol. The second-order valence-corrected chi connectivity index (χ2v) is 5.18. The van der Waals surface area contributed by atoms with Gasteiger partial charge in [-0.1, -0.05) is 0 Å². The summed E-state index contributed by atoms with van der Waals surface area (Å²) >= 11 is 0. The van der Waals surface area contributed by atoms with E-state index in [0.29, 0.717) is 29.5 Å². The number of aromatic nitrogens is 2. The third-order valence-electron chi connectivity index (χ3n) is 3.25. The Labute approximate surface area is 140 Å². The average Bonchev–Trinajstić information content (AvgIpc) is 2.58. The van der Waals surface area contributed by atoms with Gasteiger partial charge < -0.3 is 25.8 Å². The second-order valence-electron chi connectivity index (χ2n) is 5.18. The molecule has 1 atom stereocenters. The minimum atomic E-state index is -0.387. The van der Waals surface area contributed by atoms with Crippen LogP contribution in [0.2, 0.25) is 0 Å². The number of nitrogen functional groups attached to an aromatic ring is 1. The molecule has 0 amide bonds. The Morgan fingerprint density at radius 3 is 2.50 bits per heavy atom. The molecule has 128 valence electrons. The molecular weight excluding hydrogens is 310 g/mol. The van der Waals surface area contributed by atoms with E-state index in [1.807, 2.05) is 6.92 Å². The number of nitrogens with two attached hydrogens (primary N) is 1. The number of methoxy groups -OCH3 is 2. The first-order chi connectivity index (χ1) is 11.5. The molecule has 24 heavy (non-hydrogen) atoms. The van der Waals surface area contributed by atoms with Gasteiger partial charge in [-0.2, -0.15) is 0 Å². The third kappa shape index (κ3) is 4.32.